The summed E-state index contributed by atoms with van der Waals surface area (Å²) in [6.07, 6.45) is 9.21. The van der Waals surface area contributed by atoms with Gasteiger partial charge in [-0.2, -0.15) is 0 Å². The van der Waals surface area contributed by atoms with Gasteiger partial charge in [-0.15, -0.1) is 0 Å². The maximum absolute atomic E-state index is 11.6. The normalized spacial score (nSPS) is 25.6. The van der Waals surface area contributed by atoms with Crippen molar-refractivity contribution in [2.75, 3.05) is 13.7 Å². The second-order valence-electron chi connectivity index (χ2n) is 8.68. The third-order valence-electron chi connectivity index (χ3n) is 6.15. The molecule has 7 heteroatoms. The third-order valence-corrected chi connectivity index (χ3v) is 6.15. The maximum Gasteiger partial charge on any atom is 0.303 e. The molecule has 0 aromatic heterocycles. The molecule has 0 aliphatic heterocycles. The van der Waals surface area contributed by atoms with E-state index in [1.54, 1.807) is 13.2 Å². The van der Waals surface area contributed by atoms with Gasteiger partial charge in [-0.3, -0.25) is 9.59 Å². The van der Waals surface area contributed by atoms with E-state index in [2.05, 4.69) is 6.92 Å². The Morgan fingerprint density at radius 1 is 1.10 bits per heavy atom. The van der Waals surface area contributed by atoms with Gasteiger partial charge in [0.25, 0.3) is 0 Å². The lowest BCUT2D eigenvalue weighted by molar-refractivity contribution is -0.145. The summed E-state index contributed by atoms with van der Waals surface area (Å²) in [4.78, 5) is 22.3. The van der Waals surface area contributed by atoms with E-state index in [4.69, 9.17) is 9.47 Å². The van der Waals surface area contributed by atoms with Crippen LogP contribution in [0, 0.1) is 11.8 Å². The van der Waals surface area contributed by atoms with Crippen molar-refractivity contribution in [3.05, 3.63) is 12.2 Å². The lowest BCUT2D eigenvalue weighted by atomic mass is 9.87. The minimum Gasteiger partial charge on any atom is -0.458 e. The van der Waals surface area contributed by atoms with Crippen molar-refractivity contribution >= 4 is 11.8 Å². The molecule has 0 heterocycles. The summed E-state index contributed by atoms with van der Waals surface area (Å²) in [6.45, 7) is 3.23. The summed E-state index contributed by atoms with van der Waals surface area (Å²) >= 11 is 0. The fourth-order valence-electron chi connectivity index (χ4n) is 4.29. The van der Waals surface area contributed by atoms with Crippen LogP contribution in [0.1, 0.15) is 78.1 Å². The molecule has 0 radical (unpaired) electrons. The quantitative estimate of drug-likeness (QED) is 0.191. The van der Waals surface area contributed by atoms with Crippen molar-refractivity contribution in [3.63, 3.8) is 0 Å². The molecule has 0 aromatic rings. The summed E-state index contributed by atoms with van der Waals surface area (Å²) in [6, 6.07) is 0. The molecule has 1 fully saturated rings. The Morgan fingerprint density at radius 3 is 2.45 bits per heavy atom. The zero-order valence-electron chi connectivity index (χ0n) is 19.4. The SMILES string of the molecule is CCCCC(OC)C(O)/C=C/[C@@H]1[C@@H](CCCCCCC(=O)COC(C)=O)[C@@H](O)C[C@H]1O. The summed E-state index contributed by atoms with van der Waals surface area (Å²) in [7, 11) is 1.60. The van der Waals surface area contributed by atoms with Gasteiger partial charge < -0.3 is 24.8 Å². The fourth-order valence-corrected chi connectivity index (χ4v) is 4.29. The van der Waals surface area contributed by atoms with Crippen molar-refractivity contribution in [1.29, 1.82) is 0 Å². The van der Waals surface area contributed by atoms with Crippen LogP contribution in [0.25, 0.3) is 0 Å². The van der Waals surface area contributed by atoms with Gasteiger partial charge >= 0.3 is 5.97 Å². The molecule has 0 bridgehead atoms. The Hall–Kier alpha value is -1.28. The highest BCUT2D eigenvalue weighted by Crippen LogP contribution is 2.37. The molecule has 0 saturated heterocycles. The molecule has 1 rings (SSSR count). The van der Waals surface area contributed by atoms with Crippen molar-refractivity contribution in [2.45, 2.75) is 102 Å². The molecule has 1 aliphatic carbocycles. The molecular formula is C24H42O7. The van der Waals surface area contributed by atoms with Crippen molar-refractivity contribution in [1.82, 2.24) is 0 Å². The molecule has 0 amide bonds. The van der Waals surface area contributed by atoms with E-state index in [9.17, 15) is 24.9 Å². The van der Waals surface area contributed by atoms with E-state index in [-0.39, 0.29) is 30.3 Å². The van der Waals surface area contributed by atoms with E-state index in [0.29, 0.717) is 12.8 Å². The number of carbonyl (C=O) groups excluding carboxylic acids is 2. The molecule has 180 valence electrons. The van der Waals surface area contributed by atoms with Gasteiger partial charge in [-0.1, -0.05) is 51.2 Å². The first-order valence-electron chi connectivity index (χ1n) is 11.7. The summed E-state index contributed by atoms with van der Waals surface area (Å²) in [5.41, 5.74) is 0. The van der Waals surface area contributed by atoms with E-state index >= 15 is 0 Å². The number of esters is 1. The van der Waals surface area contributed by atoms with Crippen LogP contribution < -0.4 is 0 Å². The van der Waals surface area contributed by atoms with E-state index in [1.165, 1.54) is 6.92 Å². The number of ketones is 1. The number of ether oxygens (including phenoxy) is 2. The highest BCUT2D eigenvalue weighted by Gasteiger charge is 2.39. The molecule has 2 unspecified atom stereocenters. The number of unbranched alkanes of at least 4 members (excludes halogenated alkanes) is 4. The number of aliphatic hydroxyl groups is 3. The molecule has 0 aromatic carbocycles. The van der Waals surface area contributed by atoms with Crippen LogP contribution in [0.5, 0.6) is 0 Å². The predicted octanol–water partition coefficient (Wildman–Crippen LogP) is 2.94. The van der Waals surface area contributed by atoms with Gasteiger partial charge in [0.1, 0.15) is 6.61 Å². The van der Waals surface area contributed by atoms with Crippen LogP contribution in [-0.2, 0) is 19.1 Å². The van der Waals surface area contributed by atoms with Gasteiger partial charge in [-0.25, -0.2) is 0 Å². The number of aliphatic hydroxyl groups excluding tert-OH is 3. The number of rotatable bonds is 16. The topological polar surface area (TPSA) is 113 Å². The number of hydrogen-bond donors (Lipinski definition) is 3. The molecular weight excluding hydrogens is 400 g/mol. The Bertz CT molecular complexity index is 548. The van der Waals surface area contributed by atoms with Crippen LogP contribution in [-0.4, -0.2) is 65.2 Å². The summed E-state index contributed by atoms with van der Waals surface area (Å²) in [5.74, 6) is -0.735. The standard InChI is InChI=1S/C24H42O7/c1-4-5-12-24(30-3)21(27)14-13-20-19(22(28)15-23(20)29)11-9-7-6-8-10-18(26)16-31-17(2)25/h13-14,19-24,27-29H,4-12,15-16H2,1-3H3/b14-13+/t19-,20-,21?,22+,23-,24?/m1/s1. The van der Waals surface area contributed by atoms with Gasteiger partial charge in [-0.05, 0) is 25.2 Å². The monoisotopic (exact) mass is 442 g/mol. The smallest absolute Gasteiger partial charge is 0.303 e. The molecule has 3 N–H and O–H groups in total. The van der Waals surface area contributed by atoms with Crippen LogP contribution in [0.2, 0.25) is 0 Å². The van der Waals surface area contributed by atoms with Crippen molar-refractivity contribution in [3.8, 4) is 0 Å². The van der Waals surface area contributed by atoms with E-state index < -0.39 is 24.3 Å². The number of Topliss-reactive ketones (excluding diaryl/α,β-unsaturated/α-hetero) is 1. The number of methoxy groups -OCH3 is 1. The molecule has 1 saturated carbocycles. The van der Waals surface area contributed by atoms with Gasteiger partial charge in [0.2, 0.25) is 0 Å². The predicted molar refractivity (Wildman–Crippen MR) is 118 cm³/mol. The zero-order valence-corrected chi connectivity index (χ0v) is 19.4. The van der Waals surface area contributed by atoms with Gasteiger partial charge in [0.05, 0.1) is 24.4 Å². The Balaban J connectivity index is 2.40. The minimum absolute atomic E-state index is 0.0410. The first-order valence-corrected chi connectivity index (χ1v) is 11.7. The molecule has 1 aliphatic rings. The van der Waals surface area contributed by atoms with E-state index in [1.807, 2.05) is 6.08 Å². The van der Waals surface area contributed by atoms with Crippen LogP contribution in [0.15, 0.2) is 12.2 Å². The Kier molecular flexibility index (Phi) is 13.9. The molecule has 7 nitrogen and oxygen atoms in total. The average Bonchev–Trinajstić information content (AvgIpc) is 3.00. The first-order chi connectivity index (χ1) is 14.8. The second-order valence-corrected chi connectivity index (χ2v) is 8.68. The highest BCUT2D eigenvalue weighted by atomic mass is 16.5. The molecule has 0 spiro atoms. The maximum atomic E-state index is 11.6. The zero-order chi connectivity index (χ0) is 23.2. The second kappa shape index (κ2) is 15.5. The van der Waals surface area contributed by atoms with Gasteiger partial charge in [0.15, 0.2) is 5.78 Å². The molecule has 31 heavy (non-hydrogen) atoms. The van der Waals surface area contributed by atoms with Crippen molar-refractivity contribution < 1.29 is 34.4 Å². The average molecular weight is 443 g/mol. The van der Waals surface area contributed by atoms with Gasteiger partial charge in [0, 0.05) is 32.8 Å². The minimum atomic E-state index is -0.730. The molecule has 6 atom stereocenters. The summed E-state index contributed by atoms with van der Waals surface area (Å²) in [5, 5.41) is 31.2. The fraction of sp³-hybridized carbons (Fsp3) is 0.833. The Morgan fingerprint density at radius 2 is 1.81 bits per heavy atom. The number of carbonyl (C=O) groups is 2. The first kappa shape index (κ1) is 27.8. The lowest BCUT2D eigenvalue weighted by Crippen LogP contribution is -2.27. The van der Waals surface area contributed by atoms with Crippen LogP contribution >= 0.6 is 0 Å². The number of hydrogen-bond acceptors (Lipinski definition) is 7. The highest BCUT2D eigenvalue weighted by molar-refractivity contribution is 5.81. The van der Waals surface area contributed by atoms with Crippen molar-refractivity contribution in [2.24, 2.45) is 11.8 Å². The van der Waals surface area contributed by atoms with Crippen LogP contribution in [0.3, 0.4) is 0 Å². The third kappa shape index (κ3) is 10.7. The Labute approximate surface area is 186 Å². The lowest BCUT2D eigenvalue weighted by Gasteiger charge is -2.23. The van der Waals surface area contributed by atoms with E-state index in [0.717, 1.165) is 51.4 Å². The summed E-state index contributed by atoms with van der Waals surface area (Å²) < 4.78 is 10.1. The largest absolute Gasteiger partial charge is 0.458 e. The van der Waals surface area contributed by atoms with Crippen LogP contribution in [0.4, 0.5) is 0 Å².